The van der Waals surface area contributed by atoms with Gasteiger partial charge in [0.15, 0.2) is 4.34 Å². The van der Waals surface area contributed by atoms with Gasteiger partial charge in [0, 0.05) is 5.75 Å². The molecule has 7 heteroatoms. The summed E-state index contributed by atoms with van der Waals surface area (Å²) in [7, 11) is 0. The molecule has 0 fully saturated rings. The highest BCUT2D eigenvalue weighted by Crippen LogP contribution is 2.25. The first-order valence-electron chi connectivity index (χ1n) is 5.25. The summed E-state index contributed by atoms with van der Waals surface area (Å²) < 4.78 is 0.924. The summed E-state index contributed by atoms with van der Waals surface area (Å²) in [6.07, 6.45) is 0.295. The number of nitrogens with zero attached hydrogens (tertiary/aromatic N) is 2. The molecule has 2 rings (SSSR count). The summed E-state index contributed by atoms with van der Waals surface area (Å²) in [6.45, 7) is 0. The number of thioether (sulfide) groups is 1. The highest BCUT2D eigenvalue weighted by atomic mass is 32.2. The van der Waals surface area contributed by atoms with Gasteiger partial charge in [0.2, 0.25) is 5.91 Å². The molecule has 5 nitrogen and oxygen atoms in total. The highest BCUT2D eigenvalue weighted by molar-refractivity contribution is 8.00. The molecule has 0 saturated carbocycles. The van der Waals surface area contributed by atoms with E-state index in [2.05, 4.69) is 15.6 Å². The summed E-state index contributed by atoms with van der Waals surface area (Å²) in [5.74, 6) is 5.68. The van der Waals surface area contributed by atoms with Crippen LogP contribution in [-0.2, 0) is 17.0 Å². The van der Waals surface area contributed by atoms with Crippen LogP contribution >= 0.6 is 23.1 Å². The summed E-state index contributed by atoms with van der Waals surface area (Å²) in [5.41, 5.74) is 5.94. The number of hydrazine groups is 1. The number of rotatable bonds is 5. The molecule has 0 unspecified atom stereocenters. The number of nitrogens with one attached hydrogen (secondary N) is 1. The topological polar surface area (TPSA) is 80.9 Å². The maximum Gasteiger partial charge on any atom is 0.238 e. The van der Waals surface area contributed by atoms with Gasteiger partial charge in [0.25, 0.3) is 0 Å². The molecule has 1 aromatic carbocycles. The van der Waals surface area contributed by atoms with Crippen LogP contribution in [0.3, 0.4) is 0 Å². The van der Waals surface area contributed by atoms with Gasteiger partial charge in [-0.25, -0.2) is 5.84 Å². The van der Waals surface area contributed by atoms with Gasteiger partial charge in [-0.3, -0.25) is 10.2 Å². The van der Waals surface area contributed by atoms with Crippen LogP contribution in [0.1, 0.15) is 11.1 Å². The Labute approximate surface area is 113 Å². The zero-order valence-electron chi connectivity index (χ0n) is 9.50. The normalized spacial score (nSPS) is 10.3. The fourth-order valence-corrected chi connectivity index (χ4v) is 2.98. The predicted octanol–water partition coefficient (Wildman–Crippen LogP) is 1.36. The smallest absolute Gasteiger partial charge is 0.238 e. The second-order valence-corrected chi connectivity index (χ2v) is 5.56. The van der Waals surface area contributed by atoms with Crippen molar-refractivity contribution in [3.05, 3.63) is 40.9 Å². The third kappa shape index (κ3) is 3.52. The van der Waals surface area contributed by atoms with Gasteiger partial charge in [0.05, 0.1) is 6.42 Å². The van der Waals surface area contributed by atoms with E-state index in [4.69, 9.17) is 5.84 Å². The van der Waals surface area contributed by atoms with Crippen molar-refractivity contribution in [3.8, 4) is 0 Å². The lowest BCUT2D eigenvalue weighted by Crippen LogP contribution is -2.31. The van der Waals surface area contributed by atoms with Crippen molar-refractivity contribution in [1.29, 1.82) is 0 Å². The average Bonchev–Trinajstić information content (AvgIpc) is 2.91. The highest BCUT2D eigenvalue weighted by Gasteiger charge is 2.07. The van der Waals surface area contributed by atoms with Crippen molar-refractivity contribution < 1.29 is 4.79 Å². The lowest BCUT2D eigenvalue weighted by molar-refractivity contribution is -0.120. The first kappa shape index (κ1) is 13.0. The Morgan fingerprint density at radius 3 is 2.83 bits per heavy atom. The third-order valence-electron chi connectivity index (χ3n) is 2.32. The monoisotopic (exact) mass is 280 g/mol. The SMILES string of the molecule is NNC(=O)Cc1ccccc1CSc1nncs1. The van der Waals surface area contributed by atoms with Gasteiger partial charge in [-0.05, 0) is 11.1 Å². The van der Waals surface area contributed by atoms with E-state index < -0.39 is 0 Å². The van der Waals surface area contributed by atoms with E-state index in [1.807, 2.05) is 24.3 Å². The maximum atomic E-state index is 11.3. The number of carbonyl (C=O) groups is 1. The van der Waals surface area contributed by atoms with Crippen molar-refractivity contribution in [2.75, 3.05) is 0 Å². The van der Waals surface area contributed by atoms with Crippen LogP contribution in [0.4, 0.5) is 0 Å². The lowest BCUT2D eigenvalue weighted by Gasteiger charge is -2.07. The fourth-order valence-electron chi connectivity index (χ4n) is 1.46. The Kier molecular flexibility index (Phi) is 4.68. The number of aromatic nitrogens is 2. The van der Waals surface area contributed by atoms with Crippen LogP contribution in [0, 0.1) is 0 Å². The fraction of sp³-hybridized carbons (Fsp3) is 0.182. The van der Waals surface area contributed by atoms with Crippen LogP contribution in [0.5, 0.6) is 0 Å². The van der Waals surface area contributed by atoms with E-state index >= 15 is 0 Å². The van der Waals surface area contributed by atoms with Crippen LogP contribution in [0.15, 0.2) is 34.1 Å². The van der Waals surface area contributed by atoms with E-state index in [0.29, 0.717) is 6.42 Å². The van der Waals surface area contributed by atoms with Crippen molar-refractivity contribution >= 4 is 29.0 Å². The Hall–Kier alpha value is -1.44. The molecule has 0 spiro atoms. The quantitative estimate of drug-likeness (QED) is 0.374. The number of hydrogen-bond acceptors (Lipinski definition) is 6. The molecular weight excluding hydrogens is 268 g/mol. The van der Waals surface area contributed by atoms with Crippen LogP contribution in [-0.4, -0.2) is 16.1 Å². The largest absolute Gasteiger partial charge is 0.294 e. The van der Waals surface area contributed by atoms with Crippen LogP contribution in [0.25, 0.3) is 0 Å². The number of amides is 1. The van der Waals surface area contributed by atoms with Gasteiger partial charge in [0.1, 0.15) is 5.51 Å². The molecule has 3 N–H and O–H groups in total. The molecule has 1 aromatic heterocycles. The van der Waals surface area contributed by atoms with E-state index in [1.165, 1.54) is 11.3 Å². The molecule has 18 heavy (non-hydrogen) atoms. The standard InChI is InChI=1S/C11H12N4OS2/c12-14-10(16)5-8-3-1-2-4-9(8)6-17-11-15-13-7-18-11/h1-4,7H,5-6,12H2,(H,14,16). The second kappa shape index (κ2) is 6.48. The minimum absolute atomic E-state index is 0.191. The molecule has 1 heterocycles. The molecule has 0 bridgehead atoms. The van der Waals surface area contributed by atoms with Crippen LogP contribution < -0.4 is 11.3 Å². The summed E-state index contributed by atoms with van der Waals surface area (Å²) in [5, 5.41) is 7.76. The van der Waals surface area contributed by atoms with Crippen molar-refractivity contribution in [2.24, 2.45) is 5.84 Å². The lowest BCUT2D eigenvalue weighted by atomic mass is 10.1. The molecule has 1 amide bonds. The van der Waals surface area contributed by atoms with Crippen LogP contribution in [0.2, 0.25) is 0 Å². The molecule has 94 valence electrons. The zero-order chi connectivity index (χ0) is 12.8. The summed E-state index contributed by atoms with van der Waals surface area (Å²) in [6, 6.07) is 7.82. The van der Waals surface area contributed by atoms with Crippen molar-refractivity contribution in [1.82, 2.24) is 15.6 Å². The summed E-state index contributed by atoms with van der Waals surface area (Å²) >= 11 is 3.12. The van der Waals surface area contributed by atoms with E-state index in [-0.39, 0.29) is 5.91 Å². The van der Waals surface area contributed by atoms with Gasteiger partial charge in [-0.2, -0.15) is 0 Å². The Morgan fingerprint density at radius 1 is 1.39 bits per heavy atom. The van der Waals surface area contributed by atoms with Crippen molar-refractivity contribution in [2.45, 2.75) is 16.5 Å². The minimum atomic E-state index is -0.191. The molecule has 0 aliphatic carbocycles. The van der Waals surface area contributed by atoms with Gasteiger partial charge >= 0.3 is 0 Å². The molecule has 0 atom stereocenters. The maximum absolute atomic E-state index is 11.3. The number of nitrogens with two attached hydrogens (primary N) is 1. The molecule has 2 aromatic rings. The Morgan fingerprint density at radius 2 is 2.17 bits per heavy atom. The first-order valence-corrected chi connectivity index (χ1v) is 7.11. The third-order valence-corrected chi connectivity index (χ3v) is 4.23. The first-order chi connectivity index (χ1) is 8.79. The average molecular weight is 280 g/mol. The van der Waals surface area contributed by atoms with E-state index in [1.54, 1.807) is 17.3 Å². The number of carbonyl (C=O) groups excluding carboxylic acids is 1. The van der Waals surface area contributed by atoms with Crippen molar-refractivity contribution in [3.63, 3.8) is 0 Å². The van der Waals surface area contributed by atoms with Gasteiger partial charge in [-0.1, -0.05) is 47.4 Å². The van der Waals surface area contributed by atoms with Gasteiger partial charge in [-0.15, -0.1) is 10.2 Å². The predicted molar refractivity (Wildman–Crippen MR) is 71.9 cm³/mol. The molecule has 0 radical (unpaired) electrons. The molecule has 0 saturated heterocycles. The minimum Gasteiger partial charge on any atom is -0.294 e. The molecule has 0 aliphatic rings. The van der Waals surface area contributed by atoms with Gasteiger partial charge < -0.3 is 0 Å². The van der Waals surface area contributed by atoms with E-state index in [0.717, 1.165) is 21.2 Å². The summed E-state index contributed by atoms with van der Waals surface area (Å²) in [4.78, 5) is 11.3. The Balaban J connectivity index is 2.05. The second-order valence-electron chi connectivity index (χ2n) is 3.51. The van der Waals surface area contributed by atoms with E-state index in [9.17, 15) is 4.79 Å². The molecule has 0 aliphatic heterocycles. The number of benzene rings is 1. The molecular formula is C11H12N4OS2. The number of hydrogen-bond donors (Lipinski definition) is 2. The zero-order valence-corrected chi connectivity index (χ0v) is 11.1. The Bertz CT molecular complexity index is 516.